The third kappa shape index (κ3) is 8.26. The van der Waals surface area contributed by atoms with Gasteiger partial charge in [0, 0.05) is 79.8 Å². The van der Waals surface area contributed by atoms with Crippen LogP contribution < -0.4 is 30.7 Å². The fourth-order valence-electron chi connectivity index (χ4n) is 7.49. The van der Waals surface area contributed by atoms with Crippen LogP contribution in [-0.4, -0.2) is 66.9 Å². The molecule has 2 saturated heterocycles. The smallest absolute Gasteiger partial charge is 0.419 e. The summed E-state index contributed by atoms with van der Waals surface area (Å²) in [5, 5.41) is 13.2. The second kappa shape index (κ2) is 16.5. The minimum atomic E-state index is -4.64. The summed E-state index contributed by atoms with van der Waals surface area (Å²) in [7, 11) is 2.98. The van der Waals surface area contributed by atoms with E-state index in [1.165, 1.54) is 7.11 Å². The van der Waals surface area contributed by atoms with Crippen molar-refractivity contribution in [2.75, 3.05) is 39.3 Å². The predicted octanol–water partition coefficient (Wildman–Crippen LogP) is 6.63. The number of nitrogens with zero attached hydrogens (tertiary/aromatic N) is 3. The van der Waals surface area contributed by atoms with E-state index in [-0.39, 0.29) is 36.2 Å². The molecule has 286 valence electrons. The first-order chi connectivity index (χ1) is 26.1. The molecule has 11 nitrogen and oxygen atoms in total. The van der Waals surface area contributed by atoms with Gasteiger partial charge in [-0.1, -0.05) is 35.9 Å². The molecule has 7 rings (SSSR count). The van der Waals surface area contributed by atoms with Crippen LogP contribution in [0.5, 0.6) is 11.8 Å². The molecule has 1 aromatic carbocycles. The molecule has 4 N–H and O–H groups in total. The van der Waals surface area contributed by atoms with Crippen molar-refractivity contribution in [1.29, 1.82) is 0 Å². The number of fused-ring (bicyclic) bond motifs is 1. The molecular formula is C39H43ClF3N7O4. The minimum absolute atomic E-state index is 0.0737. The monoisotopic (exact) mass is 765 g/mol. The molecular weight excluding hydrogens is 723 g/mol. The summed E-state index contributed by atoms with van der Waals surface area (Å²) in [6.07, 6.45) is 1.09. The van der Waals surface area contributed by atoms with Gasteiger partial charge in [0.25, 0.3) is 0 Å². The van der Waals surface area contributed by atoms with Crippen LogP contribution in [0.15, 0.2) is 48.7 Å². The third-order valence-corrected chi connectivity index (χ3v) is 10.7. The molecule has 4 aromatic rings. The number of methoxy groups -OCH3 is 2. The highest BCUT2D eigenvalue weighted by molar-refractivity contribution is 6.35. The van der Waals surface area contributed by atoms with Crippen molar-refractivity contribution in [3.63, 3.8) is 0 Å². The quantitative estimate of drug-likeness (QED) is 0.118. The first-order valence-electron chi connectivity index (χ1n) is 18.2. The molecule has 15 heteroatoms. The maximum absolute atomic E-state index is 14.5. The summed E-state index contributed by atoms with van der Waals surface area (Å²) >= 11 is 7.08. The Balaban J connectivity index is 1.12. The zero-order valence-corrected chi connectivity index (χ0v) is 30.9. The Morgan fingerprint density at radius 3 is 2.48 bits per heavy atom. The van der Waals surface area contributed by atoms with E-state index in [2.05, 4.69) is 31.2 Å². The van der Waals surface area contributed by atoms with Gasteiger partial charge in [0.1, 0.15) is 5.82 Å². The summed E-state index contributed by atoms with van der Waals surface area (Å²) in [5.41, 5.74) is 4.76. The summed E-state index contributed by atoms with van der Waals surface area (Å²) in [4.78, 5) is 25.3. The minimum Gasteiger partial charge on any atom is -0.481 e. The number of aromatic nitrogens is 3. The van der Waals surface area contributed by atoms with Crippen molar-refractivity contribution < 1.29 is 32.2 Å². The number of carbonyl (C=O) groups is 1. The maximum Gasteiger partial charge on any atom is 0.419 e. The molecule has 2 aliphatic heterocycles. The summed E-state index contributed by atoms with van der Waals surface area (Å²) in [6, 6.07) is 12.3. The van der Waals surface area contributed by atoms with Gasteiger partial charge in [0.15, 0.2) is 0 Å². The van der Waals surface area contributed by atoms with E-state index in [9.17, 15) is 18.0 Å². The Bertz CT molecular complexity index is 1990. The number of amides is 1. The lowest BCUT2D eigenvalue weighted by Gasteiger charge is -2.24. The van der Waals surface area contributed by atoms with E-state index in [4.69, 9.17) is 30.8 Å². The normalized spacial score (nSPS) is 18.7. The first-order valence-corrected chi connectivity index (χ1v) is 18.5. The maximum atomic E-state index is 14.5. The van der Waals surface area contributed by atoms with Crippen molar-refractivity contribution in [3.8, 4) is 34.3 Å². The Hall–Kier alpha value is -4.50. The van der Waals surface area contributed by atoms with Gasteiger partial charge in [-0.05, 0) is 61.4 Å². The third-order valence-electron chi connectivity index (χ3n) is 10.3. The number of hydrogen-bond donors (Lipinski definition) is 4. The largest absolute Gasteiger partial charge is 0.481 e. The zero-order chi connectivity index (χ0) is 37.8. The lowest BCUT2D eigenvalue weighted by Crippen LogP contribution is -2.35. The molecule has 0 saturated carbocycles. The molecule has 1 aliphatic carbocycles. The van der Waals surface area contributed by atoms with Gasteiger partial charge in [0.2, 0.25) is 17.7 Å². The van der Waals surface area contributed by atoms with Crippen molar-refractivity contribution in [2.45, 2.75) is 75.9 Å². The van der Waals surface area contributed by atoms with Crippen LogP contribution in [0.25, 0.3) is 22.5 Å². The number of carbonyl (C=O) groups excluding carboxylic acids is 1. The zero-order valence-electron chi connectivity index (χ0n) is 30.1. The molecule has 2 fully saturated rings. The molecule has 0 spiro atoms. The van der Waals surface area contributed by atoms with E-state index in [1.54, 1.807) is 19.4 Å². The second-order valence-electron chi connectivity index (χ2n) is 13.7. The van der Waals surface area contributed by atoms with Gasteiger partial charge < -0.3 is 35.5 Å². The number of benzene rings is 1. The van der Waals surface area contributed by atoms with E-state index in [0.29, 0.717) is 79.0 Å². The highest BCUT2D eigenvalue weighted by atomic mass is 35.5. The van der Waals surface area contributed by atoms with Crippen molar-refractivity contribution >= 4 is 23.3 Å². The molecule has 1 amide bonds. The van der Waals surface area contributed by atoms with Crippen LogP contribution in [0.2, 0.25) is 5.02 Å². The fourth-order valence-corrected chi connectivity index (χ4v) is 7.80. The van der Waals surface area contributed by atoms with Crippen LogP contribution in [0, 0.1) is 0 Å². The fraction of sp³-hybridized carbons (Fsp3) is 0.436. The van der Waals surface area contributed by atoms with Crippen LogP contribution in [0.3, 0.4) is 0 Å². The Kier molecular flexibility index (Phi) is 11.5. The molecule has 54 heavy (non-hydrogen) atoms. The summed E-state index contributed by atoms with van der Waals surface area (Å²) < 4.78 is 60.1. The highest BCUT2D eigenvalue weighted by Gasteiger charge is 2.37. The predicted molar refractivity (Wildman–Crippen MR) is 198 cm³/mol. The SMILES string of the molecule is COc1nc(-c2ccnc(-c3cccc4c3CC[C@H]4Nc3nc(OC)c(CNC4CCOCC4)cc3C(F)(F)F)c2Cl)ccc1CNC[C@@H]1CCC(=O)N1. The molecule has 3 aromatic heterocycles. The number of hydrogen-bond acceptors (Lipinski definition) is 10. The van der Waals surface area contributed by atoms with Crippen LogP contribution in [-0.2, 0) is 35.2 Å². The Labute approximate surface area is 316 Å². The van der Waals surface area contributed by atoms with E-state index in [0.717, 1.165) is 47.6 Å². The first kappa shape index (κ1) is 37.8. The number of nitrogens with one attached hydrogen (secondary N) is 4. The van der Waals surface area contributed by atoms with Gasteiger partial charge >= 0.3 is 6.18 Å². The van der Waals surface area contributed by atoms with Crippen LogP contribution in [0.1, 0.15) is 66.0 Å². The number of ether oxygens (including phenoxy) is 3. The number of anilines is 1. The topological polar surface area (TPSA) is 132 Å². The van der Waals surface area contributed by atoms with Gasteiger partial charge in [-0.25, -0.2) is 4.98 Å². The van der Waals surface area contributed by atoms with Gasteiger partial charge in [-0.3, -0.25) is 9.78 Å². The van der Waals surface area contributed by atoms with Crippen molar-refractivity contribution in [3.05, 3.63) is 81.5 Å². The average Bonchev–Trinajstić information content (AvgIpc) is 3.79. The van der Waals surface area contributed by atoms with E-state index < -0.39 is 17.8 Å². The van der Waals surface area contributed by atoms with Crippen molar-refractivity contribution in [1.82, 2.24) is 30.9 Å². The number of halogens is 4. The summed E-state index contributed by atoms with van der Waals surface area (Å²) in [5.74, 6) is 0.383. The number of alkyl halides is 3. The molecule has 0 unspecified atom stereocenters. The van der Waals surface area contributed by atoms with Gasteiger partial charge in [0.05, 0.1) is 42.2 Å². The van der Waals surface area contributed by atoms with E-state index in [1.807, 2.05) is 30.3 Å². The highest BCUT2D eigenvalue weighted by Crippen LogP contribution is 2.44. The van der Waals surface area contributed by atoms with E-state index >= 15 is 0 Å². The van der Waals surface area contributed by atoms with Crippen LogP contribution >= 0.6 is 11.6 Å². The average molecular weight is 766 g/mol. The Morgan fingerprint density at radius 1 is 0.944 bits per heavy atom. The lowest BCUT2D eigenvalue weighted by atomic mass is 9.98. The lowest BCUT2D eigenvalue weighted by molar-refractivity contribution is -0.137. The molecule has 5 heterocycles. The van der Waals surface area contributed by atoms with Gasteiger partial charge in [-0.2, -0.15) is 18.2 Å². The standard InChI is InChI=1S/C39H43ClF3N7O4/c1-52-37-22(19-44-21-25-7-11-33(51)47-25)6-9-32(49-37)29-12-15-45-35(34(29)40)28-5-3-4-27-26(28)8-10-31(27)48-36-30(39(41,42)43)18-23(38(50-36)53-2)20-46-24-13-16-54-17-14-24/h3-6,9,12,15,18,24-25,31,44,46H,7-8,10-11,13-14,16-17,19-21H2,1-2H3,(H,47,51)(H,48,50)/t25-,31+/m0/s1. The number of pyridine rings is 3. The van der Waals surface area contributed by atoms with Gasteiger partial charge in [-0.15, -0.1) is 0 Å². The number of rotatable bonds is 13. The molecule has 0 bridgehead atoms. The molecule has 3 aliphatic rings. The second-order valence-corrected chi connectivity index (χ2v) is 14.1. The Morgan fingerprint density at radius 2 is 1.74 bits per heavy atom. The summed E-state index contributed by atoms with van der Waals surface area (Å²) in [6.45, 7) is 2.58. The molecule has 2 atom stereocenters. The van der Waals surface area contributed by atoms with Crippen LogP contribution in [0.4, 0.5) is 19.0 Å². The molecule has 0 radical (unpaired) electrons. The van der Waals surface area contributed by atoms with Crippen molar-refractivity contribution in [2.24, 2.45) is 0 Å².